The third-order valence-electron chi connectivity index (χ3n) is 4.60. The van der Waals surface area contributed by atoms with E-state index in [-0.39, 0.29) is 0 Å². The van der Waals surface area contributed by atoms with Crippen molar-refractivity contribution in [3.05, 3.63) is 24.2 Å². The van der Waals surface area contributed by atoms with Gasteiger partial charge in [0.2, 0.25) is 0 Å². The van der Waals surface area contributed by atoms with Gasteiger partial charge >= 0.3 is 0 Å². The van der Waals surface area contributed by atoms with E-state index >= 15 is 0 Å². The molecule has 4 rings (SSSR count). The Bertz CT molecular complexity index is 645. The second-order valence-corrected chi connectivity index (χ2v) is 6.16. The van der Waals surface area contributed by atoms with Gasteiger partial charge in [0, 0.05) is 70.2 Å². The number of morpholine rings is 1. The highest BCUT2D eigenvalue weighted by Crippen LogP contribution is 2.16. The van der Waals surface area contributed by atoms with Crippen LogP contribution in [0.2, 0.25) is 0 Å². The maximum absolute atomic E-state index is 5.38. The third kappa shape index (κ3) is 3.46. The summed E-state index contributed by atoms with van der Waals surface area (Å²) in [4.78, 5) is 9.52. The monoisotopic (exact) mass is 316 g/mol. The van der Waals surface area contributed by atoms with Crippen LogP contribution in [-0.4, -0.2) is 78.5 Å². The van der Waals surface area contributed by atoms with Gasteiger partial charge < -0.3 is 15.0 Å². The molecule has 0 amide bonds. The Morgan fingerprint density at radius 2 is 1.96 bits per heavy atom. The van der Waals surface area contributed by atoms with E-state index in [9.17, 15) is 0 Å². The van der Waals surface area contributed by atoms with Crippen LogP contribution in [0.5, 0.6) is 0 Å². The van der Waals surface area contributed by atoms with Crippen LogP contribution >= 0.6 is 0 Å². The van der Waals surface area contributed by atoms with Crippen molar-refractivity contribution in [3.63, 3.8) is 0 Å². The fourth-order valence-corrected chi connectivity index (χ4v) is 3.23. The Kier molecular flexibility index (Phi) is 4.41. The molecule has 7 nitrogen and oxygen atoms in total. The van der Waals surface area contributed by atoms with Crippen LogP contribution in [0.1, 0.15) is 5.82 Å². The number of fused-ring (bicyclic) bond motifs is 1. The van der Waals surface area contributed by atoms with Crippen molar-refractivity contribution < 1.29 is 4.74 Å². The molecule has 7 heteroatoms. The van der Waals surface area contributed by atoms with Crippen LogP contribution in [0, 0.1) is 0 Å². The summed E-state index contributed by atoms with van der Waals surface area (Å²) in [6.07, 6.45) is 2.92. The first-order valence-corrected chi connectivity index (χ1v) is 8.49. The lowest BCUT2D eigenvalue weighted by molar-refractivity contribution is 0.0382. The lowest BCUT2D eigenvalue weighted by Gasteiger charge is -2.29. The number of anilines is 1. The number of nitrogens with one attached hydrogen (secondary N) is 1. The molecule has 0 radical (unpaired) electrons. The Morgan fingerprint density at radius 1 is 1.13 bits per heavy atom. The Balaban J connectivity index is 1.44. The molecule has 1 N–H and O–H groups in total. The van der Waals surface area contributed by atoms with Gasteiger partial charge in [0.05, 0.1) is 13.2 Å². The zero-order valence-corrected chi connectivity index (χ0v) is 13.4. The van der Waals surface area contributed by atoms with Crippen molar-refractivity contribution in [1.29, 1.82) is 0 Å². The molecule has 23 heavy (non-hydrogen) atoms. The summed E-state index contributed by atoms with van der Waals surface area (Å²) in [7, 11) is 0. The maximum atomic E-state index is 5.38. The van der Waals surface area contributed by atoms with Crippen LogP contribution in [0.3, 0.4) is 0 Å². The van der Waals surface area contributed by atoms with E-state index in [0.717, 1.165) is 76.9 Å². The number of pyridine rings is 1. The minimum absolute atomic E-state index is 0.840. The third-order valence-corrected chi connectivity index (χ3v) is 4.60. The summed E-state index contributed by atoms with van der Waals surface area (Å²) >= 11 is 0. The average molecular weight is 316 g/mol. The summed E-state index contributed by atoms with van der Waals surface area (Å²) in [5, 5.41) is 7.99. The van der Waals surface area contributed by atoms with E-state index in [0.29, 0.717) is 0 Å². The molecular weight excluding hydrogens is 292 g/mol. The zero-order valence-electron chi connectivity index (χ0n) is 13.4. The molecule has 0 unspecified atom stereocenters. The van der Waals surface area contributed by atoms with Crippen LogP contribution in [-0.2, 0) is 11.2 Å². The molecule has 0 saturated carbocycles. The van der Waals surface area contributed by atoms with E-state index < -0.39 is 0 Å². The van der Waals surface area contributed by atoms with Crippen molar-refractivity contribution in [3.8, 4) is 0 Å². The average Bonchev–Trinajstić information content (AvgIpc) is 3.04. The van der Waals surface area contributed by atoms with Gasteiger partial charge in [0.25, 0.3) is 0 Å². The minimum Gasteiger partial charge on any atom is -0.379 e. The number of piperazine rings is 1. The van der Waals surface area contributed by atoms with E-state index in [2.05, 4.69) is 32.3 Å². The summed E-state index contributed by atoms with van der Waals surface area (Å²) in [5.74, 6) is 0.925. The van der Waals surface area contributed by atoms with E-state index in [1.807, 2.05) is 10.7 Å². The van der Waals surface area contributed by atoms with Crippen molar-refractivity contribution >= 4 is 11.3 Å². The smallest absolute Gasteiger partial charge is 0.157 e. The molecule has 0 aromatic carbocycles. The number of nitrogens with zero attached hydrogens (tertiary/aromatic N) is 5. The van der Waals surface area contributed by atoms with Crippen molar-refractivity contribution in [2.24, 2.45) is 0 Å². The number of hydrogen-bond donors (Lipinski definition) is 1. The van der Waals surface area contributed by atoms with Gasteiger partial charge in [-0.1, -0.05) is 0 Å². The molecule has 2 aliphatic rings. The molecule has 124 valence electrons. The fourth-order valence-electron chi connectivity index (χ4n) is 3.23. The van der Waals surface area contributed by atoms with Crippen LogP contribution in [0.15, 0.2) is 18.3 Å². The molecular formula is C16H24N6O. The first-order valence-electron chi connectivity index (χ1n) is 8.49. The molecule has 2 aliphatic heterocycles. The summed E-state index contributed by atoms with van der Waals surface area (Å²) in [6, 6.07) is 4.29. The predicted octanol–water partition coefficient (Wildman–Crippen LogP) is 0.0136. The van der Waals surface area contributed by atoms with Gasteiger partial charge in [0.1, 0.15) is 0 Å². The molecule has 4 heterocycles. The largest absolute Gasteiger partial charge is 0.379 e. The van der Waals surface area contributed by atoms with E-state index in [1.165, 1.54) is 5.69 Å². The second kappa shape index (κ2) is 6.82. The predicted molar refractivity (Wildman–Crippen MR) is 89.0 cm³/mol. The lowest BCUT2D eigenvalue weighted by atomic mass is 10.3. The fraction of sp³-hybridized carbons (Fsp3) is 0.625. The van der Waals surface area contributed by atoms with Crippen LogP contribution < -0.4 is 10.2 Å². The van der Waals surface area contributed by atoms with Gasteiger partial charge in [-0.3, -0.25) is 4.90 Å². The van der Waals surface area contributed by atoms with Crippen molar-refractivity contribution in [1.82, 2.24) is 24.8 Å². The first kappa shape index (κ1) is 14.9. The number of aromatic nitrogens is 3. The second-order valence-electron chi connectivity index (χ2n) is 6.16. The molecule has 2 saturated heterocycles. The van der Waals surface area contributed by atoms with Gasteiger partial charge in [0.15, 0.2) is 11.5 Å². The quantitative estimate of drug-likeness (QED) is 0.858. The molecule has 2 aromatic heterocycles. The van der Waals surface area contributed by atoms with Crippen LogP contribution in [0.4, 0.5) is 5.69 Å². The van der Waals surface area contributed by atoms with Gasteiger partial charge in [-0.05, 0) is 6.07 Å². The Labute approximate surface area is 136 Å². The minimum atomic E-state index is 0.840. The SMILES string of the molecule is c1cn2nc(CCN3CCOCC3)nc2cc1N1CCNCC1. The normalized spacial score (nSPS) is 20.3. The van der Waals surface area contributed by atoms with Crippen molar-refractivity contribution in [2.45, 2.75) is 6.42 Å². The molecule has 2 aromatic rings. The standard InChI is InChI=1S/C16H24N6O/c1-6-22-16(13-14(1)21-7-3-17-4-8-21)18-15(19-22)2-5-20-9-11-23-12-10-20/h1,6,13,17H,2-5,7-12H2. The van der Waals surface area contributed by atoms with Crippen LogP contribution in [0.25, 0.3) is 5.65 Å². The highest BCUT2D eigenvalue weighted by molar-refractivity contribution is 5.56. The highest BCUT2D eigenvalue weighted by Gasteiger charge is 2.14. The van der Waals surface area contributed by atoms with Gasteiger partial charge in [-0.15, -0.1) is 0 Å². The van der Waals surface area contributed by atoms with E-state index in [4.69, 9.17) is 9.72 Å². The maximum Gasteiger partial charge on any atom is 0.157 e. The molecule has 0 spiro atoms. The number of rotatable bonds is 4. The molecule has 0 atom stereocenters. The number of ether oxygens (including phenoxy) is 1. The highest BCUT2D eigenvalue weighted by atomic mass is 16.5. The van der Waals surface area contributed by atoms with Gasteiger partial charge in [-0.25, -0.2) is 9.50 Å². The zero-order chi connectivity index (χ0) is 15.5. The molecule has 0 aliphatic carbocycles. The summed E-state index contributed by atoms with van der Waals surface area (Å²) in [6.45, 7) is 8.90. The molecule has 0 bridgehead atoms. The topological polar surface area (TPSA) is 57.9 Å². The number of hydrogen-bond acceptors (Lipinski definition) is 6. The Hall–Kier alpha value is -1.70. The summed E-state index contributed by atoms with van der Waals surface area (Å²) < 4.78 is 7.27. The van der Waals surface area contributed by atoms with E-state index in [1.54, 1.807) is 0 Å². The van der Waals surface area contributed by atoms with Crippen molar-refractivity contribution in [2.75, 3.05) is 63.9 Å². The lowest BCUT2D eigenvalue weighted by Crippen LogP contribution is -2.43. The van der Waals surface area contributed by atoms with Gasteiger partial charge in [-0.2, -0.15) is 5.10 Å². The summed E-state index contributed by atoms with van der Waals surface area (Å²) in [5.41, 5.74) is 2.18. The molecule has 2 fully saturated rings. The Morgan fingerprint density at radius 3 is 2.78 bits per heavy atom. The first-order chi connectivity index (χ1) is 11.4.